The van der Waals surface area contributed by atoms with Crippen LogP contribution in [0.5, 0.6) is 0 Å². The van der Waals surface area contributed by atoms with E-state index >= 15 is 0 Å². The molecule has 0 aliphatic heterocycles. The molecule has 3 aromatic rings. The van der Waals surface area contributed by atoms with Gasteiger partial charge in [0.25, 0.3) is 0 Å². The molecule has 3 rings (SSSR count). The molecule has 0 aliphatic rings. The maximum atomic E-state index is 4.27. The molecular weight excluding hydrogens is 234 g/mol. The Balaban J connectivity index is 2.15. The predicted molar refractivity (Wildman–Crippen MR) is 76.3 cm³/mol. The number of aryl methyl sites for hydroxylation is 2. The Morgan fingerprint density at radius 2 is 1.74 bits per heavy atom. The van der Waals surface area contributed by atoms with Gasteiger partial charge in [-0.05, 0) is 31.5 Å². The summed E-state index contributed by atoms with van der Waals surface area (Å²) >= 11 is 0. The smallest absolute Gasteiger partial charge is 0.168 e. The van der Waals surface area contributed by atoms with Crippen LogP contribution in [0.1, 0.15) is 11.1 Å². The summed E-state index contributed by atoms with van der Waals surface area (Å²) in [5.41, 5.74) is 4.66. The molecule has 0 amide bonds. The number of benzene rings is 2. The first kappa shape index (κ1) is 11.7. The minimum atomic E-state index is 0.878. The van der Waals surface area contributed by atoms with Crippen LogP contribution in [0.2, 0.25) is 0 Å². The molecule has 3 heteroatoms. The molecule has 0 N–H and O–H groups in total. The van der Waals surface area contributed by atoms with Crippen molar-refractivity contribution >= 4 is 0 Å². The lowest BCUT2D eigenvalue weighted by Gasteiger charge is -2.09. The summed E-state index contributed by atoms with van der Waals surface area (Å²) in [5, 5.41) is 8.32. The number of hydrogen-bond acceptors (Lipinski definition) is 2. The van der Waals surface area contributed by atoms with Crippen LogP contribution in [0, 0.1) is 13.8 Å². The first-order chi connectivity index (χ1) is 9.25. The minimum absolute atomic E-state index is 0.878. The zero-order chi connectivity index (χ0) is 13.2. The molecule has 1 aromatic heterocycles. The molecule has 0 bridgehead atoms. The van der Waals surface area contributed by atoms with E-state index in [2.05, 4.69) is 54.4 Å². The standard InChI is InChI=1S/C16H15N3/c1-12-8-9-15(13(2)10-12)16-18-17-11-19(16)14-6-4-3-5-7-14/h3-11H,1-2H3. The monoisotopic (exact) mass is 249 g/mol. The van der Waals surface area contributed by atoms with E-state index in [-0.39, 0.29) is 0 Å². The summed E-state index contributed by atoms with van der Waals surface area (Å²) in [4.78, 5) is 0. The number of para-hydroxylation sites is 1. The fourth-order valence-electron chi connectivity index (χ4n) is 2.26. The largest absolute Gasteiger partial charge is 0.282 e. The second-order valence-electron chi connectivity index (χ2n) is 4.68. The van der Waals surface area contributed by atoms with E-state index in [0.717, 1.165) is 17.1 Å². The third kappa shape index (κ3) is 2.15. The van der Waals surface area contributed by atoms with Crippen molar-refractivity contribution in [1.82, 2.24) is 14.8 Å². The Kier molecular flexibility index (Phi) is 2.88. The topological polar surface area (TPSA) is 30.7 Å². The van der Waals surface area contributed by atoms with Crippen molar-refractivity contribution in [3.63, 3.8) is 0 Å². The third-order valence-electron chi connectivity index (χ3n) is 3.20. The molecule has 3 nitrogen and oxygen atoms in total. The van der Waals surface area contributed by atoms with Crippen LogP contribution in [-0.4, -0.2) is 14.8 Å². The van der Waals surface area contributed by atoms with Crippen molar-refractivity contribution in [3.8, 4) is 17.1 Å². The van der Waals surface area contributed by atoms with E-state index in [9.17, 15) is 0 Å². The van der Waals surface area contributed by atoms with Gasteiger partial charge < -0.3 is 0 Å². The van der Waals surface area contributed by atoms with E-state index in [0.29, 0.717) is 0 Å². The average Bonchev–Trinajstić information content (AvgIpc) is 2.89. The second kappa shape index (κ2) is 4.69. The molecule has 94 valence electrons. The van der Waals surface area contributed by atoms with Crippen LogP contribution < -0.4 is 0 Å². The Morgan fingerprint density at radius 1 is 0.947 bits per heavy atom. The molecule has 1 heterocycles. The van der Waals surface area contributed by atoms with Crippen molar-refractivity contribution in [2.24, 2.45) is 0 Å². The van der Waals surface area contributed by atoms with Gasteiger partial charge in [-0.15, -0.1) is 10.2 Å². The lowest BCUT2D eigenvalue weighted by Crippen LogP contribution is -1.97. The van der Waals surface area contributed by atoms with Gasteiger partial charge in [-0.1, -0.05) is 42.0 Å². The maximum Gasteiger partial charge on any atom is 0.168 e. The molecule has 19 heavy (non-hydrogen) atoms. The van der Waals surface area contributed by atoms with E-state index in [1.807, 2.05) is 22.8 Å². The van der Waals surface area contributed by atoms with E-state index in [1.165, 1.54) is 11.1 Å². The molecular formula is C16H15N3. The van der Waals surface area contributed by atoms with Crippen LogP contribution in [0.4, 0.5) is 0 Å². The van der Waals surface area contributed by atoms with Crippen LogP contribution in [0.25, 0.3) is 17.1 Å². The second-order valence-corrected chi connectivity index (χ2v) is 4.68. The fraction of sp³-hybridized carbons (Fsp3) is 0.125. The van der Waals surface area contributed by atoms with Crippen LogP contribution in [-0.2, 0) is 0 Å². The number of nitrogens with zero attached hydrogens (tertiary/aromatic N) is 3. The Hall–Kier alpha value is -2.42. The van der Waals surface area contributed by atoms with Crippen LogP contribution in [0.15, 0.2) is 54.9 Å². The quantitative estimate of drug-likeness (QED) is 0.695. The highest BCUT2D eigenvalue weighted by Crippen LogP contribution is 2.24. The molecule has 0 fully saturated rings. The highest BCUT2D eigenvalue weighted by molar-refractivity contribution is 5.62. The van der Waals surface area contributed by atoms with Crippen molar-refractivity contribution in [3.05, 3.63) is 66.0 Å². The Labute approximate surface area is 112 Å². The summed E-state index contributed by atoms with van der Waals surface area (Å²) in [6, 6.07) is 16.5. The van der Waals surface area contributed by atoms with Gasteiger partial charge in [0.1, 0.15) is 6.33 Å². The maximum absolute atomic E-state index is 4.27. The van der Waals surface area contributed by atoms with Crippen molar-refractivity contribution in [2.75, 3.05) is 0 Å². The number of aromatic nitrogens is 3. The van der Waals surface area contributed by atoms with Gasteiger partial charge >= 0.3 is 0 Å². The zero-order valence-corrected chi connectivity index (χ0v) is 11.0. The van der Waals surface area contributed by atoms with Crippen molar-refractivity contribution in [1.29, 1.82) is 0 Å². The molecule has 2 aromatic carbocycles. The van der Waals surface area contributed by atoms with Crippen LogP contribution >= 0.6 is 0 Å². The fourth-order valence-corrected chi connectivity index (χ4v) is 2.26. The highest BCUT2D eigenvalue weighted by Gasteiger charge is 2.10. The SMILES string of the molecule is Cc1ccc(-c2nncn2-c2ccccc2)c(C)c1. The summed E-state index contributed by atoms with van der Waals surface area (Å²) in [6.45, 7) is 4.20. The average molecular weight is 249 g/mol. The van der Waals surface area contributed by atoms with Gasteiger partial charge in [-0.2, -0.15) is 0 Å². The first-order valence-corrected chi connectivity index (χ1v) is 6.29. The van der Waals surface area contributed by atoms with Crippen molar-refractivity contribution in [2.45, 2.75) is 13.8 Å². The van der Waals surface area contributed by atoms with Gasteiger partial charge in [0, 0.05) is 11.3 Å². The van der Waals surface area contributed by atoms with Gasteiger partial charge in [0.15, 0.2) is 5.82 Å². The van der Waals surface area contributed by atoms with Gasteiger partial charge in [-0.3, -0.25) is 4.57 Å². The van der Waals surface area contributed by atoms with E-state index in [4.69, 9.17) is 0 Å². The highest BCUT2D eigenvalue weighted by atomic mass is 15.3. The summed E-state index contributed by atoms with van der Waals surface area (Å²) in [6.07, 6.45) is 1.75. The summed E-state index contributed by atoms with van der Waals surface area (Å²) in [5.74, 6) is 0.878. The first-order valence-electron chi connectivity index (χ1n) is 6.29. The predicted octanol–water partition coefficient (Wildman–Crippen LogP) is 3.55. The normalized spacial score (nSPS) is 10.6. The van der Waals surface area contributed by atoms with Gasteiger partial charge in [0.2, 0.25) is 0 Å². The van der Waals surface area contributed by atoms with E-state index in [1.54, 1.807) is 6.33 Å². The summed E-state index contributed by atoms with van der Waals surface area (Å²) in [7, 11) is 0. The molecule has 0 unspecified atom stereocenters. The lowest BCUT2D eigenvalue weighted by molar-refractivity contribution is 1.06. The van der Waals surface area contributed by atoms with E-state index < -0.39 is 0 Å². The summed E-state index contributed by atoms with van der Waals surface area (Å²) < 4.78 is 2.01. The lowest BCUT2D eigenvalue weighted by atomic mass is 10.1. The molecule has 0 radical (unpaired) electrons. The minimum Gasteiger partial charge on any atom is -0.282 e. The Bertz CT molecular complexity index is 699. The molecule has 0 aliphatic carbocycles. The molecule has 0 spiro atoms. The van der Waals surface area contributed by atoms with Crippen molar-refractivity contribution < 1.29 is 0 Å². The Morgan fingerprint density at radius 3 is 2.47 bits per heavy atom. The van der Waals surface area contributed by atoms with Gasteiger partial charge in [0.05, 0.1) is 0 Å². The van der Waals surface area contributed by atoms with Gasteiger partial charge in [-0.25, -0.2) is 0 Å². The third-order valence-corrected chi connectivity index (χ3v) is 3.20. The van der Waals surface area contributed by atoms with Crippen LogP contribution in [0.3, 0.4) is 0 Å². The zero-order valence-electron chi connectivity index (χ0n) is 11.0. The molecule has 0 saturated heterocycles. The number of hydrogen-bond donors (Lipinski definition) is 0. The molecule has 0 atom stereocenters. The molecule has 0 saturated carbocycles. The number of rotatable bonds is 2.